The number of amides is 4. The molecule has 0 aliphatic carbocycles. The van der Waals surface area contributed by atoms with Crippen LogP contribution in [0.4, 0.5) is 16.2 Å². The van der Waals surface area contributed by atoms with Gasteiger partial charge in [0.05, 0.1) is 12.7 Å². The molecule has 0 saturated heterocycles. The lowest BCUT2D eigenvalue weighted by molar-refractivity contribution is -0.862. The zero-order valence-electron chi connectivity index (χ0n) is 17.1. The summed E-state index contributed by atoms with van der Waals surface area (Å²) in [4.78, 5) is 38.0. The highest BCUT2D eigenvalue weighted by atomic mass is 32.2. The molecule has 0 spiro atoms. The molecule has 4 N–H and O–H groups in total. The first-order valence-corrected chi connectivity index (χ1v) is 10.4. The van der Waals surface area contributed by atoms with E-state index < -0.39 is 11.9 Å². The summed E-state index contributed by atoms with van der Waals surface area (Å²) in [5.74, 6) is -0.654. The lowest BCUT2D eigenvalue weighted by Gasteiger charge is -2.15. The van der Waals surface area contributed by atoms with E-state index in [1.165, 1.54) is 0 Å². The van der Waals surface area contributed by atoms with Gasteiger partial charge in [-0.05, 0) is 43.9 Å². The van der Waals surface area contributed by atoms with Crippen molar-refractivity contribution < 1.29 is 19.3 Å². The molecule has 154 valence electrons. The van der Waals surface area contributed by atoms with Crippen molar-refractivity contribution in [3.05, 3.63) is 53.6 Å². The van der Waals surface area contributed by atoms with Gasteiger partial charge >= 0.3 is 6.03 Å². The minimum atomic E-state index is -0.590. The minimum Gasteiger partial charge on any atom is -0.322 e. The molecule has 4 amide bonds. The van der Waals surface area contributed by atoms with E-state index in [2.05, 4.69) is 16.0 Å². The quantitative estimate of drug-likeness (QED) is 0.519. The van der Waals surface area contributed by atoms with E-state index in [0.29, 0.717) is 10.6 Å². The lowest BCUT2D eigenvalue weighted by atomic mass is 10.1. The van der Waals surface area contributed by atoms with Crippen molar-refractivity contribution in [2.24, 2.45) is 0 Å². The number of aryl methyl sites for hydroxylation is 2. The Balaban J connectivity index is 1.80. The van der Waals surface area contributed by atoms with Gasteiger partial charge in [0.2, 0.25) is 0 Å². The maximum atomic E-state index is 12.2. The third-order valence-electron chi connectivity index (χ3n) is 4.19. The van der Waals surface area contributed by atoms with Crippen LogP contribution >= 0.6 is 11.8 Å². The Kier molecular flexibility index (Phi) is 8.23. The van der Waals surface area contributed by atoms with Crippen LogP contribution in [0.3, 0.4) is 0 Å². The SMILES string of the molecule is CSc1ccccc1NC(=O)C[NH+](C)CC(=O)NC(=O)Nc1ccc(C)cc1C. The second-order valence-electron chi connectivity index (χ2n) is 6.88. The molecule has 0 bridgehead atoms. The fraction of sp³-hybridized carbons (Fsp3) is 0.286. The van der Waals surface area contributed by atoms with Crippen LogP contribution in [-0.2, 0) is 9.59 Å². The average molecular weight is 416 g/mol. The summed E-state index contributed by atoms with van der Waals surface area (Å²) in [6.07, 6.45) is 1.94. The Hall–Kier alpha value is -2.84. The first kappa shape index (κ1) is 22.4. The van der Waals surface area contributed by atoms with E-state index in [-0.39, 0.29) is 19.0 Å². The van der Waals surface area contributed by atoms with Gasteiger partial charge in [-0.1, -0.05) is 29.8 Å². The molecule has 0 heterocycles. The van der Waals surface area contributed by atoms with Crippen LogP contribution in [0.5, 0.6) is 0 Å². The van der Waals surface area contributed by atoms with Gasteiger partial charge in [0.25, 0.3) is 11.8 Å². The molecule has 29 heavy (non-hydrogen) atoms. The Morgan fingerprint density at radius 3 is 2.31 bits per heavy atom. The van der Waals surface area contributed by atoms with Crippen LogP contribution in [-0.4, -0.2) is 44.2 Å². The van der Waals surface area contributed by atoms with Gasteiger partial charge in [-0.2, -0.15) is 0 Å². The number of hydrogen-bond acceptors (Lipinski definition) is 4. The van der Waals surface area contributed by atoms with Crippen LogP contribution in [0.15, 0.2) is 47.4 Å². The second kappa shape index (κ2) is 10.6. The average Bonchev–Trinajstić information content (AvgIpc) is 2.64. The zero-order valence-corrected chi connectivity index (χ0v) is 17.9. The second-order valence-corrected chi connectivity index (χ2v) is 7.73. The number of carbonyl (C=O) groups excluding carboxylic acids is 3. The molecule has 0 saturated carbocycles. The topological polar surface area (TPSA) is 91.7 Å². The summed E-state index contributed by atoms with van der Waals surface area (Å²) in [6, 6.07) is 12.6. The van der Waals surface area contributed by atoms with Gasteiger partial charge in [0.1, 0.15) is 0 Å². The molecule has 0 radical (unpaired) electrons. The predicted octanol–water partition coefficient (Wildman–Crippen LogP) is 1.83. The van der Waals surface area contributed by atoms with Crippen LogP contribution < -0.4 is 20.9 Å². The van der Waals surface area contributed by atoms with Crippen molar-refractivity contribution in [1.29, 1.82) is 0 Å². The van der Waals surface area contributed by atoms with E-state index in [4.69, 9.17) is 0 Å². The molecule has 0 aromatic heterocycles. The first-order valence-electron chi connectivity index (χ1n) is 9.20. The molecule has 0 aliphatic rings. The number of urea groups is 1. The Morgan fingerprint density at radius 2 is 1.62 bits per heavy atom. The summed E-state index contributed by atoms with van der Waals surface area (Å²) in [7, 11) is 1.72. The molecule has 0 fully saturated rings. The number of carbonyl (C=O) groups is 3. The molecular weight excluding hydrogens is 388 g/mol. The summed E-state index contributed by atoms with van der Waals surface area (Å²) in [6.45, 7) is 3.96. The number of para-hydroxylation sites is 1. The van der Waals surface area contributed by atoms with Crippen molar-refractivity contribution in [2.45, 2.75) is 18.7 Å². The number of nitrogens with one attached hydrogen (secondary N) is 4. The van der Waals surface area contributed by atoms with E-state index in [1.54, 1.807) is 24.9 Å². The summed E-state index contributed by atoms with van der Waals surface area (Å²) in [5.41, 5.74) is 3.40. The van der Waals surface area contributed by atoms with Crippen LogP contribution in [0, 0.1) is 13.8 Å². The normalized spacial score (nSPS) is 11.4. The van der Waals surface area contributed by atoms with Crippen molar-refractivity contribution in [3.8, 4) is 0 Å². The van der Waals surface area contributed by atoms with Gasteiger partial charge in [0.15, 0.2) is 13.1 Å². The van der Waals surface area contributed by atoms with Crippen LogP contribution in [0.2, 0.25) is 0 Å². The predicted molar refractivity (Wildman–Crippen MR) is 117 cm³/mol. The highest BCUT2D eigenvalue weighted by molar-refractivity contribution is 7.98. The molecular formula is C21H27N4O3S+. The molecule has 2 aromatic carbocycles. The summed E-state index contributed by atoms with van der Waals surface area (Å²) >= 11 is 1.55. The fourth-order valence-electron chi connectivity index (χ4n) is 2.83. The highest BCUT2D eigenvalue weighted by Crippen LogP contribution is 2.24. The molecule has 0 aliphatic heterocycles. The number of anilines is 2. The van der Waals surface area contributed by atoms with E-state index in [1.807, 2.05) is 56.5 Å². The molecule has 2 rings (SSSR count). The van der Waals surface area contributed by atoms with Crippen LogP contribution in [0.1, 0.15) is 11.1 Å². The third-order valence-corrected chi connectivity index (χ3v) is 4.98. The number of imide groups is 1. The fourth-order valence-corrected chi connectivity index (χ4v) is 3.38. The maximum absolute atomic E-state index is 12.2. The Morgan fingerprint density at radius 1 is 0.931 bits per heavy atom. The number of rotatable bonds is 7. The Bertz CT molecular complexity index is 901. The van der Waals surface area contributed by atoms with Crippen molar-refractivity contribution in [2.75, 3.05) is 37.0 Å². The number of likely N-dealkylation sites (N-methyl/N-ethyl adjacent to an activating group) is 1. The van der Waals surface area contributed by atoms with Crippen molar-refractivity contribution in [3.63, 3.8) is 0 Å². The van der Waals surface area contributed by atoms with Gasteiger partial charge < -0.3 is 15.5 Å². The first-order chi connectivity index (χ1) is 13.8. The molecule has 1 atom stereocenters. The minimum absolute atomic E-state index is 0.00209. The third kappa shape index (κ3) is 7.24. The number of quaternary nitrogens is 1. The van der Waals surface area contributed by atoms with E-state index in [9.17, 15) is 14.4 Å². The lowest BCUT2D eigenvalue weighted by Crippen LogP contribution is -3.11. The Labute approximate surface area is 175 Å². The number of hydrogen-bond donors (Lipinski definition) is 4. The smallest absolute Gasteiger partial charge is 0.322 e. The number of thioether (sulfide) groups is 1. The van der Waals surface area contributed by atoms with E-state index >= 15 is 0 Å². The van der Waals surface area contributed by atoms with Gasteiger partial charge in [-0.25, -0.2) is 4.79 Å². The maximum Gasteiger partial charge on any atom is 0.326 e. The van der Waals surface area contributed by atoms with E-state index in [0.717, 1.165) is 21.7 Å². The summed E-state index contributed by atoms with van der Waals surface area (Å²) < 4.78 is 0. The molecule has 1 unspecified atom stereocenters. The van der Waals surface area contributed by atoms with Crippen molar-refractivity contribution >= 4 is 41.0 Å². The highest BCUT2D eigenvalue weighted by Gasteiger charge is 2.17. The van der Waals surface area contributed by atoms with Crippen molar-refractivity contribution in [1.82, 2.24) is 5.32 Å². The van der Waals surface area contributed by atoms with Gasteiger partial charge in [-0.3, -0.25) is 14.9 Å². The molecule has 7 nitrogen and oxygen atoms in total. The largest absolute Gasteiger partial charge is 0.326 e. The van der Waals surface area contributed by atoms with Crippen LogP contribution in [0.25, 0.3) is 0 Å². The zero-order chi connectivity index (χ0) is 21.4. The standard InChI is InChI=1S/C21H26N4O3S/c1-14-9-10-16(15(2)11-14)23-21(28)24-20(27)13-25(3)12-19(26)22-17-7-5-6-8-18(17)29-4/h5-11H,12-13H2,1-4H3,(H,22,26)(H2,23,24,27,28)/p+1. The summed E-state index contributed by atoms with van der Waals surface area (Å²) in [5, 5.41) is 7.82. The van der Waals surface area contributed by atoms with Gasteiger partial charge in [-0.15, -0.1) is 11.8 Å². The molecule has 2 aromatic rings. The number of benzene rings is 2. The monoisotopic (exact) mass is 415 g/mol. The van der Waals surface area contributed by atoms with Gasteiger partial charge in [0, 0.05) is 10.6 Å². The molecule has 8 heteroatoms.